The fourth-order valence-electron chi connectivity index (χ4n) is 2.04. The largest absolute Gasteiger partial charge is 0.451 e. The molecule has 98 valence electrons. The van der Waals surface area contributed by atoms with Gasteiger partial charge < -0.3 is 10.1 Å². The lowest BCUT2D eigenvalue weighted by atomic mass is 9.96. The van der Waals surface area contributed by atoms with Crippen molar-refractivity contribution in [3.05, 3.63) is 11.3 Å². The highest BCUT2D eigenvalue weighted by molar-refractivity contribution is 7.10. The monoisotopic (exact) mass is 268 g/mol. The van der Waals surface area contributed by atoms with Crippen LogP contribution in [0.25, 0.3) is 0 Å². The summed E-state index contributed by atoms with van der Waals surface area (Å²) in [6, 6.07) is 0. The smallest absolute Gasteiger partial charge is 0.343 e. The molecule has 1 heterocycles. The van der Waals surface area contributed by atoms with Crippen LogP contribution in [0.5, 0.6) is 0 Å². The molecule has 1 saturated carbocycles. The summed E-state index contributed by atoms with van der Waals surface area (Å²) >= 11 is 1.22. The number of anilines is 1. The summed E-state index contributed by atoms with van der Waals surface area (Å²) in [5.41, 5.74) is 1.08. The van der Waals surface area contributed by atoms with Crippen LogP contribution in [0.1, 0.15) is 41.7 Å². The lowest BCUT2D eigenvalue weighted by molar-refractivity contribution is -0.129. The molecule has 0 saturated heterocycles. The number of nitrogens with one attached hydrogen (secondary N) is 1. The van der Waals surface area contributed by atoms with E-state index in [1.54, 1.807) is 14.0 Å². The summed E-state index contributed by atoms with van der Waals surface area (Å²) in [5, 5.41) is 3.60. The number of esters is 1. The predicted molar refractivity (Wildman–Crippen MR) is 69.1 cm³/mol. The van der Waals surface area contributed by atoms with E-state index in [4.69, 9.17) is 4.74 Å². The summed E-state index contributed by atoms with van der Waals surface area (Å²) in [6.07, 6.45) is 2.40. The molecule has 0 aliphatic heterocycles. The number of aryl methyl sites for hydroxylation is 1. The maximum atomic E-state index is 12.1. The minimum absolute atomic E-state index is 0.0291. The number of carbonyl (C=O) groups excluding carboxylic acids is 2. The van der Waals surface area contributed by atoms with Gasteiger partial charge in [0.05, 0.1) is 5.69 Å². The average molecular weight is 268 g/mol. The minimum atomic E-state index is -0.574. The second-order valence-electron chi connectivity index (χ2n) is 4.33. The zero-order valence-corrected chi connectivity index (χ0v) is 11.3. The van der Waals surface area contributed by atoms with E-state index >= 15 is 0 Å². The molecule has 1 aromatic heterocycles. The van der Waals surface area contributed by atoms with Crippen molar-refractivity contribution in [1.82, 2.24) is 4.37 Å². The Labute approximate surface area is 110 Å². The lowest BCUT2D eigenvalue weighted by Gasteiger charge is -2.20. The Kier molecular flexibility index (Phi) is 3.96. The molecular weight excluding hydrogens is 252 g/mol. The van der Waals surface area contributed by atoms with Gasteiger partial charge in [0.25, 0.3) is 0 Å². The second kappa shape index (κ2) is 5.48. The third-order valence-electron chi connectivity index (χ3n) is 3.04. The first-order valence-corrected chi connectivity index (χ1v) is 6.78. The van der Waals surface area contributed by atoms with Gasteiger partial charge in [-0.15, -0.1) is 0 Å². The first-order chi connectivity index (χ1) is 8.63. The fraction of sp³-hybridized carbons (Fsp3) is 0.583. The van der Waals surface area contributed by atoms with E-state index in [1.807, 2.05) is 0 Å². The summed E-state index contributed by atoms with van der Waals surface area (Å²) in [7, 11) is 1.73. The molecule has 6 heteroatoms. The van der Waals surface area contributed by atoms with Crippen LogP contribution in [0.15, 0.2) is 0 Å². The van der Waals surface area contributed by atoms with Crippen molar-refractivity contribution in [2.45, 2.75) is 38.7 Å². The van der Waals surface area contributed by atoms with Crippen LogP contribution in [0.3, 0.4) is 0 Å². The number of hydrogen-bond acceptors (Lipinski definition) is 6. The van der Waals surface area contributed by atoms with E-state index < -0.39 is 12.1 Å². The molecule has 1 fully saturated rings. The van der Waals surface area contributed by atoms with Crippen molar-refractivity contribution < 1.29 is 14.3 Å². The van der Waals surface area contributed by atoms with Crippen LogP contribution in [0.2, 0.25) is 0 Å². The van der Waals surface area contributed by atoms with Gasteiger partial charge in [0.2, 0.25) is 0 Å². The third kappa shape index (κ3) is 2.53. The van der Waals surface area contributed by atoms with Gasteiger partial charge in [-0.1, -0.05) is 0 Å². The summed E-state index contributed by atoms with van der Waals surface area (Å²) < 4.78 is 9.42. The number of ketones is 1. The van der Waals surface area contributed by atoms with E-state index in [2.05, 4.69) is 9.69 Å². The van der Waals surface area contributed by atoms with Crippen molar-refractivity contribution in [1.29, 1.82) is 0 Å². The Morgan fingerprint density at radius 1 is 1.50 bits per heavy atom. The number of hydrogen-bond donors (Lipinski definition) is 1. The van der Waals surface area contributed by atoms with Crippen LogP contribution in [-0.2, 0) is 9.53 Å². The van der Waals surface area contributed by atoms with Gasteiger partial charge in [-0.25, -0.2) is 4.79 Å². The number of ether oxygens (including phenoxy) is 1. The van der Waals surface area contributed by atoms with Crippen molar-refractivity contribution in [3.63, 3.8) is 0 Å². The molecule has 1 unspecified atom stereocenters. The molecule has 0 spiro atoms. The maximum Gasteiger partial charge on any atom is 0.343 e. The van der Waals surface area contributed by atoms with E-state index in [0.717, 1.165) is 12.8 Å². The van der Waals surface area contributed by atoms with Gasteiger partial charge in [-0.3, -0.25) is 4.79 Å². The Hall–Kier alpha value is -1.43. The second-order valence-corrected chi connectivity index (χ2v) is 5.10. The first-order valence-electron chi connectivity index (χ1n) is 6.01. The van der Waals surface area contributed by atoms with E-state index in [-0.39, 0.29) is 5.78 Å². The Bertz CT molecular complexity index is 470. The number of Topliss-reactive ketones (excluding diaryl/α,β-unsaturated/α-hetero) is 1. The van der Waals surface area contributed by atoms with Crippen LogP contribution in [0.4, 0.5) is 5.00 Å². The zero-order valence-electron chi connectivity index (χ0n) is 10.5. The van der Waals surface area contributed by atoms with E-state index in [1.165, 1.54) is 11.5 Å². The highest BCUT2D eigenvalue weighted by atomic mass is 32.1. The molecule has 1 aliphatic rings. The normalized spacial score (nSPS) is 19.7. The van der Waals surface area contributed by atoms with Gasteiger partial charge in [-0.05, 0) is 37.7 Å². The molecule has 0 aromatic carbocycles. The zero-order chi connectivity index (χ0) is 13.1. The van der Waals surface area contributed by atoms with Gasteiger partial charge in [0.15, 0.2) is 11.9 Å². The highest BCUT2D eigenvalue weighted by Gasteiger charge is 2.28. The van der Waals surface area contributed by atoms with Crippen LogP contribution >= 0.6 is 11.5 Å². The maximum absolute atomic E-state index is 12.1. The van der Waals surface area contributed by atoms with E-state index in [0.29, 0.717) is 29.1 Å². The van der Waals surface area contributed by atoms with Crippen molar-refractivity contribution >= 4 is 28.3 Å². The number of rotatable bonds is 3. The lowest BCUT2D eigenvalue weighted by Crippen LogP contribution is -2.30. The average Bonchev–Trinajstić information content (AvgIpc) is 2.73. The standard InChI is InChI=1S/C12H16N2O3S/c1-7-10(11(13-2)18-14-7)12(16)17-9-6-4-3-5-8(9)15/h9,13H,3-6H2,1-2H3. The summed E-state index contributed by atoms with van der Waals surface area (Å²) in [4.78, 5) is 23.7. The number of nitrogens with zero attached hydrogens (tertiary/aromatic N) is 1. The van der Waals surface area contributed by atoms with Crippen LogP contribution in [-0.4, -0.2) is 29.3 Å². The minimum Gasteiger partial charge on any atom is -0.451 e. The Morgan fingerprint density at radius 3 is 2.94 bits per heavy atom. The molecule has 5 nitrogen and oxygen atoms in total. The van der Waals surface area contributed by atoms with Crippen LogP contribution in [0, 0.1) is 6.92 Å². The molecule has 0 bridgehead atoms. The van der Waals surface area contributed by atoms with Gasteiger partial charge in [0.1, 0.15) is 10.6 Å². The SMILES string of the molecule is CNc1snc(C)c1C(=O)OC1CCCCC1=O. The topological polar surface area (TPSA) is 68.3 Å². The van der Waals surface area contributed by atoms with Crippen molar-refractivity contribution in [2.24, 2.45) is 0 Å². The number of aromatic nitrogens is 1. The van der Waals surface area contributed by atoms with Gasteiger partial charge >= 0.3 is 5.97 Å². The Balaban J connectivity index is 2.11. The molecule has 1 atom stereocenters. The summed E-state index contributed by atoms with van der Waals surface area (Å²) in [6.45, 7) is 1.76. The first kappa shape index (κ1) is 13.0. The third-order valence-corrected chi connectivity index (χ3v) is 4.00. The molecule has 0 amide bonds. The van der Waals surface area contributed by atoms with Crippen molar-refractivity contribution in [3.8, 4) is 0 Å². The molecule has 0 radical (unpaired) electrons. The van der Waals surface area contributed by atoms with E-state index in [9.17, 15) is 9.59 Å². The predicted octanol–water partition coefficient (Wildman–Crippen LogP) is 2.16. The molecule has 18 heavy (non-hydrogen) atoms. The molecule has 1 N–H and O–H groups in total. The molecule has 1 aromatic rings. The van der Waals surface area contributed by atoms with Crippen molar-refractivity contribution in [2.75, 3.05) is 12.4 Å². The Morgan fingerprint density at radius 2 is 2.28 bits per heavy atom. The quantitative estimate of drug-likeness (QED) is 0.851. The molecule has 2 rings (SSSR count). The van der Waals surface area contributed by atoms with Crippen LogP contribution < -0.4 is 5.32 Å². The highest BCUT2D eigenvalue weighted by Crippen LogP contribution is 2.26. The number of carbonyl (C=O) groups is 2. The molecule has 1 aliphatic carbocycles. The molecular formula is C12H16N2O3S. The summed E-state index contributed by atoms with van der Waals surface area (Å²) in [5.74, 6) is -0.424. The van der Waals surface area contributed by atoms with Gasteiger partial charge in [-0.2, -0.15) is 4.37 Å². The van der Waals surface area contributed by atoms with Gasteiger partial charge in [0, 0.05) is 13.5 Å². The fourth-order valence-corrected chi connectivity index (χ4v) is 2.78.